The largest absolute Gasteiger partial charge is 0.481 e. The molecule has 110 valence electrons. The number of carboxylic acid groups (broad SMARTS) is 1. The maximum Gasteiger partial charge on any atom is 0.303 e. The van der Waals surface area contributed by atoms with Gasteiger partial charge in [-0.15, -0.1) is 0 Å². The number of carbonyl (C=O) groups excluding carboxylic acids is 1. The molecule has 1 unspecified atom stereocenters. The standard InChI is InChI=1S/C12H16ClN3O3S/c1-7(3-4-9(17)18)5-14-11(19)10-8(13)6-15-12(16-10)20-2/h6-7H,3-5H2,1-2H3,(H,14,19)(H,17,18). The van der Waals surface area contributed by atoms with Crippen LogP contribution in [0.25, 0.3) is 0 Å². The molecule has 0 aliphatic carbocycles. The van der Waals surface area contributed by atoms with Gasteiger partial charge in [-0.05, 0) is 18.6 Å². The molecule has 2 N–H and O–H groups in total. The second kappa shape index (κ2) is 8.06. The van der Waals surface area contributed by atoms with Crippen LogP contribution >= 0.6 is 23.4 Å². The van der Waals surface area contributed by atoms with Gasteiger partial charge in [-0.3, -0.25) is 9.59 Å². The van der Waals surface area contributed by atoms with E-state index in [-0.39, 0.29) is 29.0 Å². The highest BCUT2D eigenvalue weighted by molar-refractivity contribution is 7.98. The maximum atomic E-state index is 12.0. The Morgan fingerprint density at radius 2 is 2.25 bits per heavy atom. The Labute approximate surface area is 126 Å². The highest BCUT2D eigenvalue weighted by Crippen LogP contribution is 2.16. The predicted molar refractivity (Wildman–Crippen MR) is 77.2 cm³/mol. The monoisotopic (exact) mass is 317 g/mol. The van der Waals surface area contributed by atoms with E-state index >= 15 is 0 Å². The second-order valence-electron chi connectivity index (χ2n) is 4.30. The zero-order chi connectivity index (χ0) is 15.1. The zero-order valence-electron chi connectivity index (χ0n) is 11.2. The normalized spacial score (nSPS) is 11.9. The Morgan fingerprint density at radius 1 is 1.55 bits per heavy atom. The average Bonchev–Trinajstić information content (AvgIpc) is 2.43. The van der Waals surface area contributed by atoms with Crippen LogP contribution in [-0.4, -0.2) is 39.8 Å². The topological polar surface area (TPSA) is 92.2 Å². The van der Waals surface area contributed by atoms with E-state index in [0.717, 1.165) is 0 Å². The lowest BCUT2D eigenvalue weighted by Gasteiger charge is -2.11. The van der Waals surface area contributed by atoms with Crippen LogP contribution in [0, 0.1) is 5.92 Å². The Hall–Kier alpha value is -1.34. The number of halogens is 1. The molecule has 1 heterocycles. The number of nitrogens with zero attached hydrogens (tertiary/aromatic N) is 2. The highest BCUT2D eigenvalue weighted by Gasteiger charge is 2.15. The SMILES string of the molecule is CSc1ncc(Cl)c(C(=O)NCC(C)CCC(=O)O)n1. The van der Waals surface area contributed by atoms with Crippen molar-refractivity contribution in [3.8, 4) is 0 Å². The molecule has 0 spiro atoms. The molecule has 0 saturated heterocycles. The third-order valence-electron chi connectivity index (χ3n) is 2.58. The van der Waals surface area contributed by atoms with Crippen molar-refractivity contribution in [3.63, 3.8) is 0 Å². The summed E-state index contributed by atoms with van der Waals surface area (Å²) in [5, 5.41) is 12.0. The van der Waals surface area contributed by atoms with E-state index in [1.807, 2.05) is 6.92 Å². The summed E-state index contributed by atoms with van der Waals surface area (Å²) in [6, 6.07) is 0. The number of amides is 1. The van der Waals surface area contributed by atoms with Crippen LogP contribution in [0.2, 0.25) is 5.02 Å². The molecule has 20 heavy (non-hydrogen) atoms. The minimum Gasteiger partial charge on any atom is -0.481 e. The summed E-state index contributed by atoms with van der Waals surface area (Å²) in [6.45, 7) is 2.25. The molecule has 0 aliphatic rings. The molecule has 1 rings (SSSR count). The molecule has 0 saturated carbocycles. The number of thioether (sulfide) groups is 1. The fourth-order valence-corrected chi connectivity index (χ4v) is 1.95. The van der Waals surface area contributed by atoms with Crippen LogP contribution in [0.15, 0.2) is 11.4 Å². The van der Waals surface area contributed by atoms with Crippen LogP contribution in [0.3, 0.4) is 0 Å². The molecule has 1 amide bonds. The van der Waals surface area contributed by atoms with Crippen LogP contribution < -0.4 is 5.32 Å². The molecule has 0 bridgehead atoms. The van der Waals surface area contributed by atoms with E-state index in [1.54, 1.807) is 6.26 Å². The lowest BCUT2D eigenvalue weighted by molar-refractivity contribution is -0.137. The maximum absolute atomic E-state index is 12.0. The van der Waals surface area contributed by atoms with Crippen molar-refractivity contribution < 1.29 is 14.7 Å². The summed E-state index contributed by atoms with van der Waals surface area (Å²) >= 11 is 7.21. The number of rotatable bonds is 7. The van der Waals surface area contributed by atoms with Gasteiger partial charge in [-0.25, -0.2) is 9.97 Å². The molecule has 8 heteroatoms. The first kappa shape index (κ1) is 16.7. The van der Waals surface area contributed by atoms with Crippen molar-refractivity contribution >= 4 is 35.2 Å². The Bertz CT molecular complexity index is 499. The highest BCUT2D eigenvalue weighted by atomic mass is 35.5. The first-order chi connectivity index (χ1) is 9.43. The fourth-order valence-electron chi connectivity index (χ4n) is 1.43. The fraction of sp³-hybridized carbons (Fsp3) is 0.500. The first-order valence-electron chi connectivity index (χ1n) is 6.00. The van der Waals surface area contributed by atoms with Crippen molar-refractivity contribution in [3.05, 3.63) is 16.9 Å². The van der Waals surface area contributed by atoms with E-state index < -0.39 is 5.97 Å². The molecule has 0 fully saturated rings. The van der Waals surface area contributed by atoms with Gasteiger partial charge < -0.3 is 10.4 Å². The van der Waals surface area contributed by atoms with Gasteiger partial charge in [0.1, 0.15) is 0 Å². The summed E-state index contributed by atoms with van der Waals surface area (Å²) in [4.78, 5) is 30.4. The summed E-state index contributed by atoms with van der Waals surface area (Å²) in [5.74, 6) is -1.16. The van der Waals surface area contributed by atoms with E-state index in [2.05, 4.69) is 15.3 Å². The van der Waals surface area contributed by atoms with Gasteiger partial charge in [0.15, 0.2) is 10.9 Å². The third-order valence-corrected chi connectivity index (χ3v) is 3.42. The molecule has 1 aromatic heterocycles. The van der Waals surface area contributed by atoms with Crippen molar-refractivity contribution in [2.24, 2.45) is 5.92 Å². The van der Waals surface area contributed by atoms with Crippen LogP contribution in [0.5, 0.6) is 0 Å². The van der Waals surface area contributed by atoms with Gasteiger partial charge in [0.25, 0.3) is 5.91 Å². The van der Waals surface area contributed by atoms with Gasteiger partial charge in [0.2, 0.25) is 0 Å². The van der Waals surface area contributed by atoms with Crippen LogP contribution in [0.1, 0.15) is 30.3 Å². The molecule has 0 aliphatic heterocycles. The minimum atomic E-state index is -0.841. The zero-order valence-corrected chi connectivity index (χ0v) is 12.8. The van der Waals surface area contributed by atoms with Gasteiger partial charge >= 0.3 is 5.97 Å². The van der Waals surface area contributed by atoms with E-state index in [1.165, 1.54) is 18.0 Å². The molecule has 1 aromatic rings. The smallest absolute Gasteiger partial charge is 0.303 e. The number of hydrogen-bond acceptors (Lipinski definition) is 5. The Balaban J connectivity index is 2.56. The lowest BCUT2D eigenvalue weighted by Crippen LogP contribution is -2.29. The minimum absolute atomic E-state index is 0.0654. The molecule has 6 nitrogen and oxygen atoms in total. The Kier molecular flexibility index (Phi) is 6.74. The molecule has 0 radical (unpaired) electrons. The first-order valence-corrected chi connectivity index (χ1v) is 7.60. The number of nitrogens with one attached hydrogen (secondary N) is 1. The van der Waals surface area contributed by atoms with E-state index in [0.29, 0.717) is 18.1 Å². The van der Waals surface area contributed by atoms with Gasteiger partial charge in [0, 0.05) is 13.0 Å². The van der Waals surface area contributed by atoms with Gasteiger partial charge in [-0.1, -0.05) is 30.3 Å². The second-order valence-corrected chi connectivity index (χ2v) is 5.48. The van der Waals surface area contributed by atoms with Crippen molar-refractivity contribution in [1.29, 1.82) is 0 Å². The average molecular weight is 318 g/mol. The summed E-state index contributed by atoms with van der Waals surface area (Å²) in [6.07, 6.45) is 3.78. The number of aliphatic carboxylic acids is 1. The molecular weight excluding hydrogens is 302 g/mol. The van der Waals surface area contributed by atoms with Crippen molar-refractivity contribution in [2.45, 2.75) is 24.9 Å². The number of aromatic nitrogens is 2. The third kappa shape index (κ3) is 5.34. The number of carboxylic acids is 1. The number of hydrogen-bond donors (Lipinski definition) is 2. The van der Waals surface area contributed by atoms with Gasteiger partial charge in [-0.2, -0.15) is 0 Å². The molecular formula is C12H16ClN3O3S. The van der Waals surface area contributed by atoms with Crippen LogP contribution in [-0.2, 0) is 4.79 Å². The van der Waals surface area contributed by atoms with E-state index in [4.69, 9.17) is 16.7 Å². The van der Waals surface area contributed by atoms with Crippen molar-refractivity contribution in [2.75, 3.05) is 12.8 Å². The lowest BCUT2D eigenvalue weighted by atomic mass is 10.1. The Morgan fingerprint density at radius 3 is 2.85 bits per heavy atom. The molecule has 0 aromatic carbocycles. The quantitative estimate of drug-likeness (QED) is 0.591. The van der Waals surface area contributed by atoms with Crippen molar-refractivity contribution in [1.82, 2.24) is 15.3 Å². The van der Waals surface area contributed by atoms with E-state index in [9.17, 15) is 9.59 Å². The predicted octanol–water partition coefficient (Wildman–Crippen LogP) is 2.08. The summed E-state index contributed by atoms with van der Waals surface area (Å²) in [7, 11) is 0. The van der Waals surface area contributed by atoms with Gasteiger partial charge in [0.05, 0.1) is 11.2 Å². The summed E-state index contributed by atoms with van der Waals surface area (Å²) in [5.41, 5.74) is 0.136. The molecule has 1 atom stereocenters. The summed E-state index contributed by atoms with van der Waals surface area (Å²) < 4.78 is 0. The van der Waals surface area contributed by atoms with Crippen LogP contribution in [0.4, 0.5) is 0 Å². The number of carbonyl (C=O) groups is 2.